The number of para-hydroxylation sites is 2. The summed E-state index contributed by atoms with van der Waals surface area (Å²) in [4.78, 5) is 10.3. The first kappa shape index (κ1) is 28.8. The van der Waals surface area contributed by atoms with E-state index in [1.54, 1.807) is 0 Å². The number of nitrogens with zero attached hydrogens (tertiary/aromatic N) is 4. The topological polar surface area (TPSA) is 35.6 Å². The van der Waals surface area contributed by atoms with E-state index in [1.807, 2.05) is 24.3 Å². The molecule has 0 fully saturated rings. The van der Waals surface area contributed by atoms with Crippen molar-refractivity contribution in [1.29, 1.82) is 0 Å². The molecule has 0 aliphatic heterocycles. The minimum Gasteiger partial charge on any atom is -0.309 e. The van der Waals surface area contributed by atoms with Crippen molar-refractivity contribution in [2.24, 2.45) is 0 Å². The molecule has 0 aliphatic carbocycles. The van der Waals surface area contributed by atoms with Crippen LogP contribution in [0.3, 0.4) is 0 Å². The first-order chi connectivity index (χ1) is 25.8. The molecule has 0 saturated heterocycles. The van der Waals surface area contributed by atoms with Gasteiger partial charge in [0.25, 0.3) is 0 Å². The fourth-order valence-electron chi connectivity index (χ4n) is 8.09. The second-order valence-corrected chi connectivity index (χ2v) is 13.5. The Morgan fingerprint density at radius 2 is 0.885 bits per heavy atom. The minimum absolute atomic E-state index is 0.716. The van der Waals surface area contributed by atoms with Gasteiger partial charge in [-0.3, -0.25) is 0 Å². The van der Waals surface area contributed by atoms with E-state index in [2.05, 4.69) is 167 Å². The predicted octanol–water partition coefficient (Wildman–Crippen LogP) is 12.3. The molecule has 3 heterocycles. The number of aromatic nitrogens is 4. The molecule has 0 bridgehead atoms. The summed E-state index contributed by atoms with van der Waals surface area (Å²) in [5, 5.41) is 8.42. The third kappa shape index (κ3) is 4.34. The van der Waals surface area contributed by atoms with Crippen molar-refractivity contribution in [3.05, 3.63) is 182 Å². The SMILES string of the molecule is c1ccc(-c2nc(-c3ccccc3)c3ccc(-n4c5ccccc5c5cc6c7ccccc7n(-c7ccc8ccccc8c7)c6cc54)cc3n2)cc1. The Balaban J connectivity index is 1.21. The molecule has 242 valence electrons. The number of fused-ring (bicyclic) bond motifs is 8. The van der Waals surface area contributed by atoms with Crippen molar-refractivity contribution in [2.75, 3.05) is 0 Å². The van der Waals surface area contributed by atoms with Crippen molar-refractivity contribution in [2.45, 2.75) is 0 Å². The molecule has 0 aliphatic rings. The molecule has 0 atom stereocenters. The highest BCUT2D eigenvalue weighted by Gasteiger charge is 2.20. The second-order valence-electron chi connectivity index (χ2n) is 13.5. The first-order valence-electron chi connectivity index (χ1n) is 17.7. The smallest absolute Gasteiger partial charge is 0.160 e. The maximum Gasteiger partial charge on any atom is 0.160 e. The summed E-state index contributed by atoms with van der Waals surface area (Å²) in [7, 11) is 0. The largest absolute Gasteiger partial charge is 0.309 e. The molecule has 0 saturated carbocycles. The van der Waals surface area contributed by atoms with Crippen molar-refractivity contribution in [3.63, 3.8) is 0 Å². The van der Waals surface area contributed by atoms with E-state index >= 15 is 0 Å². The van der Waals surface area contributed by atoms with Crippen molar-refractivity contribution in [1.82, 2.24) is 19.1 Å². The summed E-state index contributed by atoms with van der Waals surface area (Å²) in [6.07, 6.45) is 0. The van der Waals surface area contributed by atoms with Crippen molar-refractivity contribution < 1.29 is 0 Å². The molecular formula is C48H30N4. The van der Waals surface area contributed by atoms with Gasteiger partial charge in [-0.25, -0.2) is 9.97 Å². The van der Waals surface area contributed by atoms with E-state index in [4.69, 9.17) is 9.97 Å². The Labute approximate surface area is 299 Å². The Kier molecular flexibility index (Phi) is 6.22. The van der Waals surface area contributed by atoms with Gasteiger partial charge in [0.15, 0.2) is 5.82 Å². The number of hydrogen-bond donors (Lipinski definition) is 0. The monoisotopic (exact) mass is 662 g/mol. The molecule has 0 N–H and O–H groups in total. The second kappa shape index (κ2) is 11.2. The lowest BCUT2D eigenvalue weighted by molar-refractivity contribution is 1.16. The van der Waals surface area contributed by atoms with E-state index in [9.17, 15) is 0 Å². The van der Waals surface area contributed by atoms with Gasteiger partial charge in [-0.05, 0) is 65.4 Å². The highest BCUT2D eigenvalue weighted by atomic mass is 15.0. The lowest BCUT2D eigenvalue weighted by atomic mass is 10.0. The van der Waals surface area contributed by atoms with Crippen LogP contribution in [0.4, 0.5) is 0 Å². The van der Waals surface area contributed by atoms with E-state index in [0.29, 0.717) is 5.82 Å². The third-order valence-corrected chi connectivity index (χ3v) is 10.5. The predicted molar refractivity (Wildman–Crippen MR) is 217 cm³/mol. The van der Waals surface area contributed by atoms with Crippen LogP contribution in [-0.4, -0.2) is 19.1 Å². The van der Waals surface area contributed by atoms with E-state index in [0.717, 1.165) is 50.1 Å². The maximum atomic E-state index is 5.19. The molecule has 3 aromatic heterocycles. The van der Waals surface area contributed by atoms with Gasteiger partial charge in [0, 0.05) is 49.4 Å². The molecular weight excluding hydrogens is 633 g/mol. The molecule has 0 radical (unpaired) electrons. The van der Waals surface area contributed by atoms with Crippen LogP contribution < -0.4 is 0 Å². The van der Waals surface area contributed by atoms with Gasteiger partial charge in [-0.2, -0.15) is 0 Å². The highest BCUT2D eigenvalue weighted by molar-refractivity contribution is 6.19. The molecule has 4 heteroatoms. The van der Waals surface area contributed by atoms with Crippen LogP contribution in [0.2, 0.25) is 0 Å². The normalized spacial score (nSPS) is 11.8. The Morgan fingerprint density at radius 1 is 0.327 bits per heavy atom. The quantitative estimate of drug-likeness (QED) is 0.188. The van der Waals surface area contributed by atoms with Crippen LogP contribution in [0.25, 0.3) is 99.3 Å². The number of hydrogen-bond acceptors (Lipinski definition) is 2. The van der Waals surface area contributed by atoms with Gasteiger partial charge < -0.3 is 9.13 Å². The number of rotatable bonds is 4. The lowest BCUT2D eigenvalue weighted by Gasteiger charge is -2.13. The van der Waals surface area contributed by atoms with Crippen LogP contribution >= 0.6 is 0 Å². The molecule has 52 heavy (non-hydrogen) atoms. The van der Waals surface area contributed by atoms with Crippen LogP contribution in [0.5, 0.6) is 0 Å². The molecule has 11 rings (SSSR count). The fourth-order valence-corrected chi connectivity index (χ4v) is 8.09. The van der Waals surface area contributed by atoms with E-state index in [1.165, 1.54) is 43.4 Å². The Morgan fingerprint density at radius 3 is 1.58 bits per heavy atom. The third-order valence-electron chi connectivity index (χ3n) is 10.5. The zero-order valence-electron chi connectivity index (χ0n) is 28.1. The molecule has 0 unspecified atom stereocenters. The van der Waals surface area contributed by atoms with Crippen LogP contribution in [-0.2, 0) is 0 Å². The molecule has 8 aromatic carbocycles. The first-order valence-corrected chi connectivity index (χ1v) is 17.7. The molecule has 4 nitrogen and oxygen atoms in total. The van der Waals surface area contributed by atoms with Crippen LogP contribution in [0, 0.1) is 0 Å². The molecule has 11 aromatic rings. The summed E-state index contributed by atoms with van der Waals surface area (Å²) < 4.78 is 4.82. The van der Waals surface area contributed by atoms with Gasteiger partial charge in [0.1, 0.15) is 0 Å². The van der Waals surface area contributed by atoms with Crippen molar-refractivity contribution in [3.8, 4) is 34.0 Å². The Hall–Kier alpha value is -7.04. The highest BCUT2D eigenvalue weighted by Crippen LogP contribution is 2.40. The van der Waals surface area contributed by atoms with Gasteiger partial charge in [-0.15, -0.1) is 0 Å². The summed E-state index contributed by atoms with van der Waals surface area (Å²) in [5.41, 5.74) is 10.8. The summed E-state index contributed by atoms with van der Waals surface area (Å²) in [5.74, 6) is 0.716. The zero-order chi connectivity index (χ0) is 34.2. The maximum absolute atomic E-state index is 5.19. The number of benzene rings is 8. The van der Waals surface area contributed by atoms with Gasteiger partial charge in [0.05, 0.1) is 33.3 Å². The summed E-state index contributed by atoms with van der Waals surface area (Å²) >= 11 is 0. The van der Waals surface area contributed by atoms with E-state index < -0.39 is 0 Å². The standard InChI is InChI=1S/C48H30N4/c1-3-14-32(15-4-1)47-39-26-25-36(28-42(39)49-48(50-47)33-16-5-2-6-17-33)52-44-22-12-10-20-38(44)41-29-40-37-19-9-11-21-43(37)51(45(40)30-46(41)52)35-24-23-31-13-7-8-18-34(31)27-35/h1-30H. The molecule has 0 spiro atoms. The average molecular weight is 663 g/mol. The fraction of sp³-hybridized carbons (Fsp3) is 0. The summed E-state index contributed by atoms with van der Waals surface area (Å²) in [6.45, 7) is 0. The lowest BCUT2D eigenvalue weighted by Crippen LogP contribution is -1.99. The van der Waals surface area contributed by atoms with Crippen molar-refractivity contribution >= 4 is 65.3 Å². The van der Waals surface area contributed by atoms with Gasteiger partial charge in [0.2, 0.25) is 0 Å². The average Bonchev–Trinajstić information content (AvgIpc) is 3.71. The van der Waals surface area contributed by atoms with E-state index in [-0.39, 0.29) is 0 Å². The minimum atomic E-state index is 0.716. The van der Waals surface area contributed by atoms with Crippen LogP contribution in [0.1, 0.15) is 0 Å². The molecule has 0 amide bonds. The van der Waals surface area contributed by atoms with Gasteiger partial charge >= 0.3 is 0 Å². The van der Waals surface area contributed by atoms with Crippen LogP contribution in [0.15, 0.2) is 182 Å². The van der Waals surface area contributed by atoms with Gasteiger partial charge in [-0.1, -0.05) is 127 Å². The summed E-state index contributed by atoms with van der Waals surface area (Å²) in [6, 6.07) is 64.9. The Bertz CT molecular complexity index is 3170. The zero-order valence-corrected chi connectivity index (χ0v) is 28.1.